The Morgan fingerprint density at radius 2 is 1.77 bits per heavy atom. The Hall–Kier alpha value is -3.33. The van der Waals surface area contributed by atoms with Crippen molar-refractivity contribution in [3.05, 3.63) is 60.2 Å². The molecule has 0 aromatic heterocycles. The number of methoxy groups -OCH3 is 1. The summed E-state index contributed by atoms with van der Waals surface area (Å²) in [5, 5.41) is 8.78. The Morgan fingerprint density at radius 3 is 2.38 bits per heavy atom. The SMILES string of the molecule is COc1ccc(CC(=O)OCC(=O)N(CCC#N)c2ccccc2)cc1. The van der Waals surface area contributed by atoms with Crippen LogP contribution in [0.4, 0.5) is 5.69 Å². The molecule has 0 heterocycles. The van der Waals surface area contributed by atoms with E-state index < -0.39 is 5.97 Å². The minimum atomic E-state index is -0.489. The molecule has 0 aliphatic heterocycles. The predicted octanol–water partition coefficient (Wildman–Crippen LogP) is 2.73. The fourth-order valence-electron chi connectivity index (χ4n) is 2.35. The summed E-state index contributed by atoms with van der Waals surface area (Å²) < 4.78 is 10.2. The number of ether oxygens (including phenoxy) is 2. The van der Waals surface area contributed by atoms with E-state index in [4.69, 9.17) is 14.7 Å². The van der Waals surface area contributed by atoms with Gasteiger partial charge in [0.15, 0.2) is 6.61 Å². The molecule has 0 N–H and O–H groups in total. The Labute approximate surface area is 152 Å². The lowest BCUT2D eigenvalue weighted by atomic mass is 10.1. The molecule has 0 aliphatic carbocycles. The van der Waals surface area contributed by atoms with Crippen molar-refractivity contribution >= 4 is 17.6 Å². The van der Waals surface area contributed by atoms with Crippen molar-refractivity contribution < 1.29 is 19.1 Å². The van der Waals surface area contributed by atoms with E-state index in [0.717, 1.165) is 5.56 Å². The van der Waals surface area contributed by atoms with Gasteiger partial charge in [0.25, 0.3) is 5.91 Å². The summed E-state index contributed by atoms with van der Waals surface area (Å²) in [4.78, 5) is 25.8. The number of nitriles is 1. The molecular weight excluding hydrogens is 332 g/mol. The molecule has 0 bridgehead atoms. The van der Waals surface area contributed by atoms with E-state index in [0.29, 0.717) is 11.4 Å². The minimum absolute atomic E-state index is 0.0702. The molecular formula is C20H20N2O4. The lowest BCUT2D eigenvalue weighted by Crippen LogP contribution is -2.35. The number of hydrogen-bond donors (Lipinski definition) is 0. The lowest BCUT2D eigenvalue weighted by molar-refractivity contribution is -0.147. The highest BCUT2D eigenvalue weighted by molar-refractivity contribution is 5.95. The average Bonchev–Trinajstić information content (AvgIpc) is 2.68. The highest BCUT2D eigenvalue weighted by atomic mass is 16.5. The van der Waals surface area contributed by atoms with Crippen LogP contribution in [0.25, 0.3) is 0 Å². The number of rotatable bonds is 8. The van der Waals surface area contributed by atoms with Gasteiger partial charge in [0.1, 0.15) is 5.75 Å². The number of benzene rings is 2. The molecule has 0 atom stereocenters. The smallest absolute Gasteiger partial charge is 0.310 e. The van der Waals surface area contributed by atoms with Gasteiger partial charge >= 0.3 is 5.97 Å². The normalized spacial score (nSPS) is 9.85. The number of carbonyl (C=O) groups is 2. The second-order valence-electron chi connectivity index (χ2n) is 5.47. The highest BCUT2D eigenvalue weighted by Gasteiger charge is 2.17. The van der Waals surface area contributed by atoms with Crippen molar-refractivity contribution in [3.63, 3.8) is 0 Å². The second-order valence-corrected chi connectivity index (χ2v) is 5.47. The van der Waals surface area contributed by atoms with Crippen LogP contribution in [0.5, 0.6) is 5.75 Å². The van der Waals surface area contributed by atoms with Crippen molar-refractivity contribution in [1.29, 1.82) is 5.26 Å². The van der Waals surface area contributed by atoms with Gasteiger partial charge in [-0.1, -0.05) is 30.3 Å². The van der Waals surface area contributed by atoms with Crippen molar-refractivity contribution in [2.24, 2.45) is 0 Å². The van der Waals surface area contributed by atoms with Crippen LogP contribution >= 0.6 is 0 Å². The van der Waals surface area contributed by atoms with E-state index in [2.05, 4.69) is 0 Å². The van der Waals surface area contributed by atoms with Crippen LogP contribution in [0.3, 0.4) is 0 Å². The number of esters is 1. The number of carbonyl (C=O) groups excluding carboxylic acids is 2. The number of anilines is 1. The Bertz CT molecular complexity index is 767. The summed E-state index contributed by atoms with van der Waals surface area (Å²) in [6.45, 7) is -0.120. The summed E-state index contributed by atoms with van der Waals surface area (Å²) in [6.07, 6.45) is 0.265. The topological polar surface area (TPSA) is 79.6 Å². The van der Waals surface area contributed by atoms with E-state index >= 15 is 0 Å². The summed E-state index contributed by atoms with van der Waals surface area (Å²) in [5.74, 6) is -0.153. The molecule has 2 rings (SSSR count). The molecule has 1 amide bonds. The van der Waals surface area contributed by atoms with Crippen LogP contribution in [0.15, 0.2) is 54.6 Å². The third-order valence-electron chi connectivity index (χ3n) is 3.68. The quantitative estimate of drug-likeness (QED) is 0.683. The number of nitrogens with zero attached hydrogens (tertiary/aromatic N) is 2. The zero-order valence-electron chi connectivity index (χ0n) is 14.6. The second kappa shape index (κ2) is 9.84. The van der Waals surface area contributed by atoms with Gasteiger partial charge in [0, 0.05) is 12.2 Å². The maximum Gasteiger partial charge on any atom is 0.310 e. The fraction of sp³-hybridized carbons (Fsp3) is 0.250. The average molecular weight is 352 g/mol. The van der Waals surface area contributed by atoms with Gasteiger partial charge in [0.2, 0.25) is 0 Å². The first-order valence-corrected chi connectivity index (χ1v) is 8.15. The molecule has 0 aliphatic rings. The van der Waals surface area contributed by atoms with Crippen LogP contribution in [0, 0.1) is 11.3 Å². The zero-order valence-corrected chi connectivity index (χ0v) is 14.6. The van der Waals surface area contributed by atoms with Gasteiger partial charge in [-0.2, -0.15) is 5.26 Å². The van der Waals surface area contributed by atoms with Crippen LogP contribution in [-0.4, -0.2) is 32.1 Å². The molecule has 134 valence electrons. The summed E-state index contributed by atoms with van der Waals surface area (Å²) in [6, 6.07) is 18.1. The molecule has 26 heavy (non-hydrogen) atoms. The molecule has 0 saturated carbocycles. The number of amides is 1. The lowest BCUT2D eigenvalue weighted by Gasteiger charge is -2.21. The minimum Gasteiger partial charge on any atom is -0.497 e. The molecule has 0 saturated heterocycles. The van der Waals surface area contributed by atoms with Crippen molar-refractivity contribution in [2.75, 3.05) is 25.2 Å². The molecule has 2 aromatic rings. The summed E-state index contributed by atoms with van der Waals surface area (Å²) in [5.41, 5.74) is 1.44. The van der Waals surface area contributed by atoms with Crippen molar-refractivity contribution in [3.8, 4) is 11.8 Å². The third-order valence-corrected chi connectivity index (χ3v) is 3.68. The highest BCUT2D eigenvalue weighted by Crippen LogP contribution is 2.15. The van der Waals surface area contributed by atoms with Crippen molar-refractivity contribution in [1.82, 2.24) is 0 Å². The van der Waals surface area contributed by atoms with E-state index in [-0.39, 0.29) is 31.9 Å². The Morgan fingerprint density at radius 1 is 1.08 bits per heavy atom. The van der Waals surface area contributed by atoms with Gasteiger partial charge in [-0.3, -0.25) is 9.59 Å². The van der Waals surface area contributed by atoms with E-state index in [1.165, 1.54) is 4.90 Å². The van der Waals surface area contributed by atoms with Crippen LogP contribution in [0.2, 0.25) is 0 Å². The van der Waals surface area contributed by atoms with Crippen LogP contribution < -0.4 is 9.64 Å². The standard InChI is InChI=1S/C20H20N2O4/c1-25-18-10-8-16(9-11-18)14-20(24)26-15-19(23)22(13-5-12-21)17-6-3-2-4-7-17/h2-4,6-11H,5,13-15H2,1H3. The van der Waals surface area contributed by atoms with Gasteiger partial charge in [-0.15, -0.1) is 0 Å². The van der Waals surface area contributed by atoms with Gasteiger partial charge in [0.05, 0.1) is 26.0 Å². The van der Waals surface area contributed by atoms with Gasteiger partial charge in [-0.25, -0.2) is 0 Å². The molecule has 0 spiro atoms. The maximum absolute atomic E-state index is 12.4. The molecule has 6 heteroatoms. The molecule has 0 fully saturated rings. The molecule has 2 aromatic carbocycles. The first-order valence-electron chi connectivity index (χ1n) is 8.15. The van der Waals surface area contributed by atoms with Crippen LogP contribution in [0.1, 0.15) is 12.0 Å². The Kier molecular flexibility index (Phi) is 7.19. The first-order chi connectivity index (χ1) is 12.6. The number of hydrogen-bond acceptors (Lipinski definition) is 5. The first kappa shape index (κ1) is 19.0. The van der Waals surface area contributed by atoms with E-state index in [1.807, 2.05) is 12.1 Å². The summed E-state index contributed by atoms with van der Waals surface area (Å²) >= 11 is 0. The molecule has 6 nitrogen and oxygen atoms in total. The maximum atomic E-state index is 12.4. The van der Waals surface area contributed by atoms with Gasteiger partial charge in [-0.05, 0) is 29.8 Å². The number of para-hydroxylation sites is 1. The molecule has 0 radical (unpaired) electrons. The van der Waals surface area contributed by atoms with Crippen molar-refractivity contribution in [2.45, 2.75) is 12.8 Å². The van der Waals surface area contributed by atoms with E-state index in [1.54, 1.807) is 55.6 Å². The Balaban J connectivity index is 1.91. The molecule has 0 unspecified atom stereocenters. The largest absolute Gasteiger partial charge is 0.497 e. The predicted molar refractivity (Wildman–Crippen MR) is 96.7 cm³/mol. The monoisotopic (exact) mass is 352 g/mol. The van der Waals surface area contributed by atoms with Crippen LogP contribution in [-0.2, 0) is 20.7 Å². The fourth-order valence-corrected chi connectivity index (χ4v) is 2.35. The zero-order chi connectivity index (χ0) is 18.8. The summed E-state index contributed by atoms with van der Waals surface area (Å²) in [7, 11) is 1.57. The van der Waals surface area contributed by atoms with E-state index in [9.17, 15) is 9.59 Å². The third kappa shape index (κ3) is 5.64. The van der Waals surface area contributed by atoms with Gasteiger partial charge < -0.3 is 14.4 Å².